The highest BCUT2D eigenvalue weighted by molar-refractivity contribution is 6.11. The van der Waals surface area contributed by atoms with Crippen molar-refractivity contribution in [2.24, 2.45) is 0 Å². The van der Waals surface area contributed by atoms with E-state index in [0.29, 0.717) is 0 Å². The zero-order valence-corrected chi connectivity index (χ0v) is 24.8. The van der Waals surface area contributed by atoms with Crippen molar-refractivity contribution < 1.29 is 0 Å². The van der Waals surface area contributed by atoms with Gasteiger partial charge in [0.25, 0.3) is 0 Å². The molecule has 0 N–H and O–H groups in total. The van der Waals surface area contributed by atoms with Crippen molar-refractivity contribution >= 4 is 65.4 Å². The van der Waals surface area contributed by atoms with E-state index in [1.54, 1.807) is 0 Å². The fourth-order valence-electron chi connectivity index (χ4n) is 7.34. The number of fused-ring (bicyclic) bond motifs is 8. The van der Waals surface area contributed by atoms with E-state index < -0.39 is 0 Å². The molecule has 4 heterocycles. The predicted octanol–water partition coefficient (Wildman–Crippen LogP) is 10.6. The van der Waals surface area contributed by atoms with Gasteiger partial charge in [0.1, 0.15) is 11.3 Å². The van der Waals surface area contributed by atoms with Crippen molar-refractivity contribution in [2.45, 2.75) is 0 Å². The lowest BCUT2D eigenvalue weighted by atomic mass is 9.97. The van der Waals surface area contributed by atoms with Gasteiger partial charge in [-0.3, -0.25) is 9.13 Å². The third kappa shape index (κ3) is 3.55. The lowest BCUT2D eigenvalue weighted by Gasteiger charge is -2.14. The minimum absolute atomic E-state index is 0.969. The van der Waals surface area contributed by atoms with E-state index in [1.807, 2.05) is 24.5 Å². The lowest BCUT2D eigenvalue weighted by Crippen LogP contribution is -1.97. The van der Waals surface area contributed by atoms with E-state index in [0.717, 1.165) is 44.5 Å². The third-order valence-corrected chi connectivity index (χ3v) is 9.40. The van der Waals surface area contributed by atoms with Gasteiger partial charge in [0.15, 0.2) is 0 Å². The van der Waals surface area contributed by atoms with Gasteiger partial charge in [-0.2, -0.15) is 0 Å². The second-order valence-electron chi connectivity index (χ2n) is 11.9. The van der Waals surface area contributed by atoms with E-state index in [2.05, 4.69) is 143 Å². The largest absolute Gasteiger partial charge is 0.293 e. The fourth-order valence-corrected chi connectivity index (χ4v) is 7.34. The quantitative estimate of drug-likeness (QED) is 0.206. The maximum atomic E-state index is 4.85. The van der Waals surface area contributed by atoms with Crippen LogP contribution in [0.3, 0.4) is 0 Å². The number of pyridine rings is 2. The molecule has 0 saturated carbocycles. The van der Waals surface area contributed by atoms with Gasteiger partial charge in [0.05, 0.1) is 22.4 Å². The molecule has 0 aliphatic rings. The molecule has 0 fully saturated rings. The van der Waals surface area contributed by atoms with Crippen LogP contribution in [0.5, 0.6) is 0 Å². The molecule has 0 radical (unpaired) electrons. The van der Waals surface area contributed by atoms with Gasteiger partial charge in [-0.1, -0.05) is 84.9 Å². The Morgan fingerprint density at radius 1 is 0.348 bits per heavy atom. The van der Waals surface area contributed by atoms with Gasteiger partial charge >= 0.3 is 0 Å². The Hall–Kier alpha value is -6.26. The highest BCUT2D eigenvalue weighted by Crippen LogP contribution is 2.38. The molecule has 0 bridgehead atoms. The number of hydrogen-bond acceptors (Lipinski definition) is 2. The number of benzene rings is 6. The number of hydrogen-bond donors (Lipinski definition) is 0. The molecule has 4 heteroatoms. The smallest absolute Gasteiger partial charge is 0.145 e. The molecular weight excluding hydrogens is 560 g/mol. The summed E-state index contributed by atoms with van der Waals surface area (Å²) in [6.45, 7) is 0. The van der Waals surface area contributed by atoms with Gasteiger partial charge < -0.3 is 0 Å². The van der Waals surface area contributed by atoms with Crippen LogP contribution in [0.25, 0.3) is 87.9 Å². The fraction of sp³-hybridized carbons (Fsp3) is 0. The maximum absolute atomic E-state index is 4.85. The summed E-state index contributed by atoms with van der Waals surface area (Å²) in [5.74, 6) is 0. The van der Waals surface area contributed by atoms with Crippen LogP contribution in [-0.2, 0) is 0 Å². The first kappa shape index (κ1) is 25.1. The predicted molar refractivity (Wildman–Crippen MR) is 191 cm³/mol. The van der Waals surface area contributed by atoms with Crippen molar-refractivity contribution in [3.05, 3.63) is 158 Å². The summed E-state index contributed by atoms with van der Waals surface area (Å²) in [7, 11) is 0. The van der Waals surface area contributed by atoms with Crippen LogP contribution in [0, 0.1) is 0 Å². The van der Waals surface area contributed by atoms with Crippen LogP contribution >= 0.6 is 0 Å². The molecule has 6 aromatic carbocycles. The Morgan fingerprint density at radius 2 is 0.804 bits per heavy atom. The molecule has 0 saturated heterocycles. The summed E-state index contributed by atoms with van der Waals surface area (Å²) in [4.78, 5) is 9.70. The van der Waals surface area contributed by atoms with Crippen LogP contribution in [0.15, 0.2) is 158 Å². The molecule has 46 heavy (non-hydrogen) atoms. The summed E-state index contributed by atoms with van der Waals surface area (Å²) in [5, 5.41) is 9.50. The SMILES string of the molecule is c1cc(-n2c3ccccc3c3cccnc32)c2cc(-c3ccc4cccc(-n5c6ccccc6c6cccnc65)c4c3)ccc2c1. The first-order valence-corrected chi connectivity index (χ1v) is 15.6. The minimum atomic E-state index is 0.969. The molecule has 0 aliphatic heterocycles. The van der Waals surface area contributed by atoms with Gasteiger partial charge in [-0.25, -0.2) is 9.97 Å². The lowest BCUT2D eigenvalue weighted by molar-refractivity contribution is 1.15. The maximum Gasteiger partial charge on any atom is 0.145 e. The molecule has 0 spiro atoms. The molecule has 0 atom stereocenters. The molecular formula is C42H26N4. The summed E-state index contributed by atoms with van der Waals surface area (Å²) < 4.78 is 4.62. The van der Waals surface area contributed by atoms with Crippen molar-refractivity contribution in [1.82, 2.24) is 19.1 Å². The van der Waals surface area contributed by atoms with Gasteiger partial charge in [0, 0.05) is 44.7 Å². The van der Waals surface area contributed by atoms with E-state index in [-0.39, 0.29) is 0 Å². The van der Waals surface area contributed by atoms with E-state index in [1.165, 1.54) is 43.4 Å². The van der Waals surface area contributed by atoms with Crippen LogP contribution in [0.2, 0.25) is 0 Å². The Morgan fingerprint density at radius 3 is 1.30 bits per heavy atom. The topological polar surface area (TPSA) is 35.6 Å². The van der Waals surface area contributed by atoms with Crippen LogP contribution < -0.4 is 0 Å². The highest BCUT2D eigenvalue weighted by Gasteiger charge is 2.17. The highest BCUT2D eigenvalue weighted by atomic mass is 15.1. The van der Waals surface area contributed by atoms with Gasteiger partial charge in [-0.05, 0) is 82.6 Å². The monoisotopic (exact) mass is 586 g/mol. The average Bonchev–Trinajstić information content (AvgIpc) is 3.64. The molecule has 10 rings (SSSR count). The Bertz CT molecular complexity index is 2520. The first-order valence-electron chi connectivity index (χ1n) is 15.6. The Balaban J connectivity index is 1.21. The second kappa shape index (κ2) is 9.62. The van der Waals surface area contributed by atoms with Crippen molar-refractivity contribution in [3.8, 4) is 22.5 Å². The molecule has 214 valence electrons. The third-order valence-electron chi connectivity index (χ3n) is 9.40. The molecule has 0 amide bonds. The standard InChI is InChI=1S/C42H26N4/c1-3-15-37-31(11-1)33-13-7-23-43-41(33)45(37)39-17-5-9-27-19-21-29(25-35(27)39)30-22-20-28-10-6-18-40(36(28)26-30)46-38-16-4-2-12-32(38)34-14-8-24-44-42(34)46/h1-26H. The summed E-state index contributed by atoms with van der Waals surface area (Å²) in [5.41, 5.74) is 8.85. The minimum Gasteiger partial charge on any atom is -0.293 e. The molecule has 0 aliphatic carbocycles. The van der Waals surface area contributed by atoms with Gasteiger partial charge in [0.2, 0.25) is 0 Å². The molecule has 4 aromatic heterocycles. The number of para-hydroxylation sites is 2. The van der Waals surface area contributed by atoms with E-state index in [9.17, 15) is 0 Å². The Kier molecular flexibility index (Phi) is 5.25. The van der Waals surface area contributed by atoms with E-state index >= 15 is 0 Å². The van der Waals surface area contributed by atoms with E-state index in [4.69, 9.17) is 9.97 Å². The van der Waals surface area contributed by atoms with Crippen LogP contribution in [0.4, 0.5) is 0 Å². The molecule has 4 nitrogen and oxygen atoms in total. The van der Waals surface area contributed by atoms with Crippen LogP contribution in [-0.4, -0.2) is 19.1 Å². The van der Waals surface area contributed by atoms with Crippen molar-refractivity contribution in [1.29, 1.82) is 0 Å². The van der Waals surface area contributed by atoms with Crippen molar-refractivity contribution in [2.75, 3.05) is 0 Å². The van der Waals surface area contributed by atoms with Gasteiger partial charge in [-0.15, -0.1) is 0 Å². The molecule has 10 aromatic rings. The Labute approximate surface area is 264 Å². The number of nitrogens with zero attached hydrogens (tertiary/aromatic N) is 4. The zero-order chi connectivity index (χ0) is 30.2. The normalized spacial score (nSPS) is 11.9. The number of rotatable bonds is 3. The number of aromatic nitrogens is 4. The first-order chi connectivity index (χ1) is 22.8. The zero-order valence-electron chi connectivity index (χ0n) is 24.8. The average molecular weight is 587 g/mol. The van der Waals surface area contributed by atoms with Crippen LogP contribution in [0.1, 0.15) is 0 Å². The summed E-state index contributed by atoms with van der Waals surface area (Å²) in [6, 6.07) is 52.2. The summed E-state index contributed by atoms with van der Waals surface area (Å²) in [6.07, 6.45) is 3.77. The molecule has 0 unspecified atom stereocenters. The summed E-state index contributed by atoms with van der Waals surface area (Å²) >= 11 is 0. The second-order valence-corrected chi connectivity index (χ2v) is 11.9. The van der Waals surface area contributed by atoms with Crippen molar-refractivity contribution in [3.63, 3.8) is 0 Å².